The molecule has 174 valence electrons. The first kappa shape index (κ1) is 23.4. The summed E-state index contributed by atoms with van der Waals surface area (Å²) in [6, 6.07) is 4.12. The number of carbonyl (C=O) groups excluding carboxylic acids is 3. The molecule has 1 aromatic rings. The zero-order valence-corrected chi connectivity index (χ0v) is 18.9. The van der Waals surface area contributed by atoms with E-state index in [4.69, 9.17) is 14.2 Å². The van der Waals surface area contributed by atoms with Crippen LogP contribution in [-0.4, -0.2) is 81.3 Å². The molecule has 0 saturated carbocycles. The van der Waals surface area contributed by atoms with Gasteiger partial charge in [0, 0.05) is 45.3 Å². The standard InChI is InChI=1S/C22H30N4O6/c1-5-32-21(28)19-16(13-25-8-10-26(11-9-25)14(2)27)23-22(29)24-20(19)15-6-7-17(30-3)18(12-15)31-4/h6-7,12,20H,5,8-11,13H2,1-4H3,(H2,23,24,29)/t20-/m1/s1. The number of hydrogen-bond acceptors (Lipinski definition) is 7. The fraction of sp³-hybridized carbons (Fsp3) is 0.500. The minimum atomic E-state index is -0.712. The van der Waals surface area contributed by atoms with E-state index in [1.807, 2.05) is 0 Å². The largest absolute Gasteiger partial charge is 0.493 e. The highest BCUT2D eigenvalue weighted by Gasteiger charge is 2.35. The monoisotopic (exact) mass is 446 g/mol. The lowest BCUT2D eigenvalue weighted by Crippen LogP contribution is -2.52. The molecule has 3 rings (SSSR count). The second-order valence-corrected chi connectivity index (χ2v) is 7.54. The molecule has 2 aliphatic rings. The van der Waals surface area contributed by atoms with E-state index in [0.29, 0.717) is 61.1 Å². The van der Waals surface area contributed by atoms with E-state index in [0.717, 1.165) is 0 Å². The Morgan fingerprint density at radius 2 is 1.78 bits per heavy atom. The molecule has 10 heteroatoms. The number of esters is 1. The third-order valence-electron chi connectivity index (χ3n) is 5.59. The van der Waals surface area contributed by atoms with E-state index in [1.165, 1.54) is 14.2 Å². The fourth-order valence-electron chi connectivity index (χ4n) is 3.92. The third-order valence-corrected chi connectivity index (χ3v) is 5.59. The van der Waals surface area contributed by atoms with Gasteiger partial charge in [-0.1, -0.05) is 6.07 Å². The average molecular weight is 447 g/mol. The molecule has 0 radical (unpaired) electrons. The van der Waals surface area contributed by atoms with Crippen LogP contribution < -0.4 is 20.1 Å². The number of rotatable bonds is 7. The van der Waals surface area contributed by atoms with Crippen LogP contribution in [0.15, 0.2) is 29.5 Å². The average Bonchev–Trinajstić information content (AvgIpc) is 2.78. The van der Waals surface area contributed by atoms with E-state index in [1.54, 1.807) is 36.9 Å². The van der Waals surface area contributed by atoms with Crippen molar-refractivity contribution in [2.75, 3.05) is 53.6 Å². The van der Waals surface area contributed by atoms with E-state index in [2.05, 4.69) is 15.5 Å². The summed E-state index contributed by atoms with van der Waals surface area (Å²) in [4.78, 5) is 41.0. The molecule has 2 N–H and O–H groups in total. The molecule has 0 aliphatic carbocycles. The number of benzene rings is 1. The molecule has 0 unspecified atom stereocenters. The maximum absolute atomic E-state index is 13.0. The molecule has 2 aliphatic heterocycles. The highest BCUT2D eigenvalue weighted by molar-refractivity contribution is 5.95. The summed E-state index contributed by atoms with van der Waals surface area (Å²) >= 11 is 0. The van der Waals surface area contributed by atoms with Crippen molar-refractivity contribution in [3.8, 4) is 11.5 Å². The predicted octanol–water partition coefficient (Wildman–Crippen LogP) is 1.04. The topological polar surface area (TPSA) is 109 Å². The Labute approximate surface area is 187 Å². The van der Waals surface area contributed by atoms with Crippen LogP contribution in [0.5, 0.6) is 11.5 Å². The summed E-state index contributed by atoms with van der Waals surface area (Å²) in [5, 5.41) is 5.61. The van der Waals surface area contributed by atoms with Gasteiger partial charge in [-0.15, -0.1) is 0 Å². The smallest absolute Gasteiger partial charge is 0.338 e. The second kappa shape index (κ2) is 10.4. The van der Waals surface area contributed by atoms with Gasteiger partial charge in [0.15, 0.2) is 11.5 Å². The predicted molar refractivity (Wildman–Crippen MR) is 116 cm³/mol. The lowest BCUT2D eigenvalue weighted by molar-refractivity contribution is -0.139. The third kappa shape index (κ3) is 5.13. The molecule has 1 saturated heterocycles. The quantitative estimate of drug-likeness (QED) is 0.603. The number of hydrogen-bond donors (Lipinski definition) is 2. The molecule has 0 aromatic heterocycles. The van der Waals surface area contributed by atoms with Crippen LogP contribution in [0.4, 0.5) is 4.79 Å². The molecular formula is C22H30N4O6. The lowest BCUT2D eigenvalue weighted by Gasteiger charge is -2.36. The maximum Gasteiger partial charge on any atom is 0.338 e. The van der Waals surface area contributed by atoms with Gasteiger partial charge in [-0.2, -0.15) is 0 Å². The summed E-state index contributed by atoms with van der Waals surface area (Å²) in [5.74, 6) is 0.571. The minimum Gasteiger partial charge on any atom is -0.493 e. The van der Waals surface area contributed by atoms with Gasteiger partial charge in [0.2, 0.25) is 5.91 Å². The van der Waals surface area contributed by atoms with Crippen LogP contribution in [0.25, 0.3) is 0 Å². The fourth-order valence-corrected chi connectivity index (χ4v) is 3.92. The van der Waals surface area contributed by atoms with Crippen molar-refractivity contribution in [2.45, 2.75) is 19.9 Å². The van der Waals surface area contributed by atoms with E-state index in [9.17, 15) is 14.4 Å². The first-order valence-electron chi connectivity index (χ1n) is 10.5. The van der Waals surface area contributed by atoms with Gasteiger partial charge in [-0.25, -0.2) is 9.59 Å². The Bertz CT molecular complexity index is 908. The van der Waals surface area contributed by atoms with Crippen LogP contribution >= 0.6 is 0 Å². The molecule has 1 fully saturated rings. The molecular weight excluding hydrogens is 416 g/mol. The van der Waals surface area contributed by atoms with Gasteiger partial charge >= 0.3 is 12.0 Å². The SMILES string of the molecule is CCOC(=O)C1=C(CN2CCN(C(C)=O)CC2)NC(=O)N[C@@H]1c1ccc(OC)c(OC)c1. The van der Waals surface area contributed by atoms with Crippen LogP contribution in [0.2, 0.25) is 0 Å². The molecule has 1 atom stereocenters. The number of nitrogens with zero attached hydrogens (tertiary/aromatic N) is 2. The van der Waals surface area contributed by atoms with Crippen LogP contribution in [-0.2, 0) is 14.3 Å². The number of nitrogens with one attached hydrogen (secondary N) is 2. The minimum absolute atomic E-state index is 0.0414. The Morgan fingerprint density at radius 1 is 1.09 bits per heavy atom. The summed E-state index contributed by atoms with van der Waals surface area (Å²) in [6.07, 6.45) is 0. The second-order valence-electron chi connectivity index (χ2n) is 7.54. The van der Waals surface area contributed by atoms with Crippen molar-refractivity contribution in [2.24, 2.45) is 0 Å². The van der Waals surface area contributed by atoms with Gasteiger partial charge in [0.1, 0.15) is 0 Å². The lowest BCUT2D eigenvalue weighted by atomic mass is 9.94. The van der Waals surface area contributed by atoms with E-state index >= 15 is 0 Å². The number of methoxy groups -OCH3 is 2. The molecule has 2 heterocycles. The van der Waals surface area contributed by atoms with Crippen LogP contribution in [0, 0.1) is 0 Å². The van der Waals surface area contributed by atoms with Crippen molar-refractivity contribution in [3.05, 3.63) is 35.0 Å². The Morgan fingerprint density at radius 3 is 2.38 bits per heavy atom. The van der Waals surface area contributed by atoms with Crippen LogP contribution in [0.3, 0.4) is 0 Å². The molecule has 0 bridgehead atoms. The van der Waals surface area contributed by atoms with Gasteiger partial charge in [0.25, 0.3) is 0 Å². The maximum atomic E-state index is 13.0. The summed E-state index contributed by atoms with van der Waals surface area (Å²) < 4.78 is 16.0. The van der Waals surface area contributed by atoms with Gasteiger partial charge in [-0.05, 0) is 24.6 Å². The van der Waals surface area contributed by atoms with Gasteiger partial charge in [0.05, 0.1) is 32.4 Å². The van der Waals surface area contributed by atoms with Crippen LogP contribution in [0.1, 0.15) is 25.5 Å². The molecule has 1 aromatic carbocycles. The Hall–Kier alpha value is -3.27. The highest BCUT2D eigenvalue weighted by Crippen LogP contribution is 2.34. The molecule has 0 spiro atoms. The van der Waals surface area contributed by atoms with Crippen molar-refractivity contribution in [1.82, 2.24) is 20.4 Å². The summed E-state index contributed by atoms with van der Waals surface area (Å²) in [6.45, 7) is 6.34. The zero-order valence-electron chi connectivity index (χ0n) is 18.9. The highest BCUT2D eigenvalue weighted by atomic mass is 16.5. The molecule has 10 nitrogen and oxygen atoms in total. The summed E-state index contributed by atoms with van der Waals surface area (Å²) in [5.41, 5.74) is 1.50. The normalized spacial score (nSPS) is 19.2. The Kier molecular flexibility index (Phi) is 7.57. The van der Waals surface area contributed by atoms with Crippen molar-refractivity contribution in [1.29, 1.82) is 0 Å². The van der Waals surface area contributed by atoms with Crippen molar-refractivity contribution < 1.29 is 28.6 Å². The van der Waals surface area contributed by atoms with Crippen molar-refractivity contribution in [3.63, 3.8) is 0 Å². The molecule has 32 heavy (non-hydrogen) atoms. The number of ether oxygens (including phenoxy) is 3. The number of urea groups is 1. The number of amides is 3. The van der Waals surface area contributed by atoms with Gasteiger partial charge in [-0.3, -0.25) is 9.69 Å². The first-order valence-corrected chi connectivity index (χ1v) is 10.5. The zero-order chi connectivity index (χ0) is 23.3. The number of piperazine rings is 1. The van der Waals surface area contributed by atoms with E-state index < -0.39 is 18.0 Å². The van der Waals surface area contributed by atoms with E-state index in [-0.39, 0.29) is 12.5 Å². The van der Waals surface area contributed by atoms with Crippen molar-refractivity contribution >= 4 is 17.9 Å². The Balaban J connectivity index is 1.95. The summed E-state index contributed by atoms with van der Waals surface area (Å²) in [7, 11) is 3.06. The molecule has 3 amide bonds. The first-order chi connectivity index (χ1) is 15.4. The number of carbonyl (C=O) groups is 3. The van der Waals surface area contributed by atoms with Gasteiger partial charge < -0.3 is 29.7 Å².